The molecule has 170 valence electrons. The molecule has 3 aromatic carbocycles. The number of methoxy groups -OCH3 is 1. The predicted octanol–water partition coefficient (Wildman–Crippen LogP) is 3.42. The highest BCUT2D eigenvalue weighted by molar-refractivity contribution is 8.13. The lowest BCUT2D eigenvalue weighted by molar-refractivity contribution is -0.116. The van der Waals surface area contributed by atoms with Crippen molar-refractivity contribution in [3.63, 3.8) is 0 Å². The van der Waals surface area contributed by atoms with Crippen LogP contribution in [0, 0.1) is 6.92 Å². The monoisotopic (exact) mass is 468 g/mol. The van der Waals surface area contributed by atoms with Gasteiger partial charge in [0.2, 0.25) is 0 Å². The van der Waals surface area contributed by atoms with Crippen molar-refractivity contribution in [1.82, 2.24) is 10.3 Å². The van der Waals surface area contributed by atoms with Crippen LogP contribution in [0.4, 0.5) is 0 Å². The largest absolute Gasteiger partial charge is 0.497 e. The molecule has 0 aromatic heterocycles. The van der Waals surface area contributed by atoms with Gasteiger partial charge >= 0.3 is 0 Å². The highest BCUT2D eigenvalue weighted by atomic mass is 32.2. The quantitative estimate of drug-likeness (QED) is 0.623. The summed E-state index contributed by atoms with van der Waals surface area (Å²) < 4.78 is 5.24. The summed E-state index contributed by atoms with van der Waals surface area (Å²) in [6, 6.07) is 23.8. The summed E-state index contributed by atoms with van der Waals surface area (Å²) in [4.78, 5) is 18.1. The van der Waals surface area contributed by atoms with E-state index in [9.17, 15) is 4.79 Å². The Morgan fingerprint density at radius 1 is 1.06 bits per heavy atom. The van der Waals surface area contributed by atoms with Crippen LogP contribution in [-0.2, 0) is 10.5 Å². The highest BCUT2D eigenvalue weighted by Crippen LogP contribution is 2.24. The van der Waals surface area contributed by atoms with E-state index < -0.39 is 6.17 Å². The van der Waals surface area contributed by atoms with Crippen LogP contribution in [0.5, 0.6) is 5.75 Å². The van der Waals surface area contributed by atoms with Crippen LogP contribution in [0.2, 0.25) is 0 Å². The lowest BCUT2D eigenvalue weighted by Gasteiger charge is -2.32. The van der Waals surface area contributed by atoms with E-state index in [1.807, 2.05) is 60.7 Å². The zero-order valence-electron chi connectivity index (χ0n) is 18.9. The number of carbonyl (C=O) groups is 1. The molecule has 2 aliphatic rings. The van der Waals surface area contributed by atoms with Gasteiger partial charge in [-0.05, 0) is 42.3 Å². The molecule has 2 heterocycles. The van der Waals surface area contributed by atoms with Crippen molar-refractivity contribution in [2.24, 2.45) is 10.1 Å². The Labute approximate surface area is 202 Å². The minimum atomic E-state index is -0.437. The third-order valence-corrected chi connectivity index (χ3v) is 6.55. The first-order valence-corrected chi connectivity index (χ1v) is 12.0. The number of amidine groups is 1. The highest BCUT2D eigenvalue weighted by Gasteiger charge is 2.32. The average molecular weight is 469 g/mol. The molecule has 0 saturated heterocycles. The normalized spacial score (nSPS) is 16.9. The molecule has 0 bridgehead atoms. The molecule has 34 heavy (non-hydrogen) atoms. The fourth-order valence-corrected chi connectivity index (χ4v) is 4.60. The second-order valence-electron chi connectivity index (χ2n) is 8.02. The van der Waals surface area contributed by atoms with Crippen LogP contribution in [0.25, 0.3) is 11.8 Å². The number of hydrogen-bond donors (Lipinski definition) is 1. The van der Waals surface area contributed by atoms with Gasteiger partial charge in [0.15, 0.2) is 11.3 Å². The number of fused-ring (bicyclic) bond motifs is 2. The Hall–Kier alpha value is -3.84. The van der Waals surface area contributed by atoms with E-state index in [2.05, 4.69) is 36.5 Å². The second kappa shape index (κ2) is 9.57. The van der Waals surface area contributed by atoms with Crippen molar-refractivity contribution in [3.8, 4) is 5.75 Å². The number of nitrogens with zero attached hydrogens (tertiary/aromatic N) is 3. The maximum Gasteiger partial charge on any atom is 0.276 e. The molecule has 6 nitrogen and oxygen atoms in total. The zero-order chi connectivity index (χ0) is 23.5. The van der Waals surface area contributed by atoms with Crippen molar-refractivity contribution in [1.29, 1.82) is 0 Å². The summed E-state index contributed by atoms with van der Waals surface area (Å²) >= 11 is 1.50. The van der Waals surface area contributed by atoms with Crippen molar-refractivity contribution >= 4 is 34.6 Å². The average Bonchev–Trinajstić information content (AvgIpc) is 2.87. The van der Waals surface area contributed by atoms with Crippen LogP contribution >= 0.6 is 11.8 Å². The second-order valence-corrected chi connectivity index (χ2v) is 8.98. The molecule has 1 N–H and O–H groups in total. The minimum Gasteiger partial charge on any atom is -0.497 e. The number of aryl methyl sites for hydroxylation is 1. The van der Waals surface area contributed by atoms with E-state index in [0.29, 0.717) is 16.6 Å². The maximum absolute atomic E-state index is 13.2. The molecule has 7 heteroatoms. The molecule has 1 unspecified atom stereocenters. The number of para-hydroxylation sites is 1. The Balaban J connectivity index is 1.47. The standard InChI is InChI=1S/C27H24N4O2S/c1-18-7-9-20(10-8-18)17-34-27-29-26(32)25-22-5-3-4-6-23(22)28-24(31(25)30-27)16-13-19-11-14-21(33-2)15-12-19/h3-16,24H,17H2,1-2H3,(H,29,30,32)/b16-13+. The Kier molecular flexibility index (Phi) is 6.18. The first kappa shape index (κ1) is 22.0. The van der Waals surface area contributed by atoms with Gasteiger partial charge in [0.25, 0.3) is 5.91 Å². The molecule has 2 aliphatic heterocycles. The zero-order valence-corrected chi connectivity index (χ0v) is 19.8. The number of amides is 1. The summed E-state index contributed by atoms with van der Waals surface area (Å²) in [6.45, 7) is 2.07. The number of thioether (sulfide) groups is 1. The van der Waals surface area contributed by atoms with E-state index in [-0.39, 0.29) is 5.91 Å². The fraction of sp³-hybridized carbons (Fsp3) is 0.148. The van der Waals surface area contributed by atoms with Crippen molar-refractivity contribution in [2.75, 3.05) is 7.11 Å². The van der Waals surface area contributed by atoms with Gasteiger partial charge < -0.3 is 4.74 Å². The van der Waals surface area contributed by atoms with Gasteiger partial charge in [-0.1, -0.05) is 78.0 Å². The number of hydrazone groups is 1. The summed E-state index contributed by atoms with van der Waals surface area (Å²) in [5.74, 6) is 1.34. The molecule has 0 spiro atoms. The Morgan fingerprint density at radius 2 is 1.82 bits per heavy atom. The third kappa shape index (κ3) is 4.61. The summed E-state index contributed by atoms with van der Waals surface area (Å²) in [7, 11) is 1.65. The molecule has 1 amide bonds. The van der Waals surface area contributed by atoms with E-state index >= 15 is 0 Å². The van der Waals surface area contributed by atoms with Gasteiger partial charge in [-0.15, -0.1) is 5.10 Å². The van der Waals surface area contributed by atoms with Gasteiger partial charge in [0, 0.05) is 11.0 Å². The minimum absolute atomic E-state index is 0.174. The number of nitrogens with one attached hydrogen (secondary N) is 1. The van der Waals surface area contributed by atoms with E-state index in [1.165, 1.54) is 22.9 Å². The fourth-order valence-electron chi connectivity index (χ4n) is 3.79. The van der Waals surface area contributed by atoms with Gasteiger partial charge in [-0.2, -0.15) is 0 Å². The van der Waals surface area contributed by atoms with Crippen molar-refractivity contribution in [3.05, 3.63) is 106 Å². The lowest BCUT2D eigenvalue weighted by atomic mass is 10.1. The number of benzene rings is 3. The van der Waals surface area contributed by atoms with Gasteiger partial charge in [0.05, 0.1) is 12.5 Å². The topological polar surface area (TPSA) is 66.3 Å². The molecule has 1 atom stereocenters. The summed E-state index contributed by atoms with van der Waals surface area (Å²) in [5.41, 5.74) is 3.91. The number of hydrogen-bond acceptors (Lipinski definition) is 6. The van der Waals surface area contributed by atoms with Gasteiger partial charge in [0.1, 0.15) is 11.4 Å². The molecular weight excluding hydrogens is 444 g/mol. The third-order valence-electron chi connectivity index (χ3n) is 5.62. The molecule has 0 fully saturated rings. The van der Waals surface area contributed by atoms with Crippen molar-refractivity contribution in [2.45, 2.75) is 18.8 Å². The first-order chi connectivity index (χ1) is 16.6. The van der Waals surface area contributed by atoms with Crippen LogP contribution in [0.15, 0.2) is 89.0 Å². The summed E-state index contributed by atoms with van der Waals surface area (Å²) in [6.07, 6.45) is 3.51. The maximum atomic E-state index is 13.2. The number of carbonyl (C=O) groups excluding carboxylic acids is 1. The number of rotatable bonds is 5. The lowest BCUT2D eigenvalue weighted by Crippen LogP contribution is -2.52. The molecule has 3 aromatic rings. The van der Waals surface area contributed by atoms with Crippen LogP contribution in [0.1, 0.15) is 16.7 Å². The SMILES string of the molecule is COc1ccc(/C=C/C2N=c3ccccc3=C3C(=O)NC(SCc4ccc(C)cc4)=NN32)cc1. The molecule has 0 radical (unpaired) electrons. The molecule has 0 saturated carbocycles. The molecular formula is C27H24N4O2S. The Morgan fingerprint density at radius 3 is 2.59 bits per heavy atom. The van der Waals surface area contributed by atoms with Crippen LogP contribution in [0.3, 0.4) is 0 Å². The smallest absolute Gasteiger partial charge is 0.276 e. The Bertz CT molecular complexity index is 1400. The summed E-state index contributed by atoms with van der Waals surface area (Å²) in [5, 5.41) is 11.6. The first-order valence-electron chi connectivity index (χ1n) is 11.0. The van der Waals surface area contributed by atoms with Gasteiger partial charge in [-0.3, -0.25) is 15.1 Å². The van der Waals surface area contributed by atoms with Crippen molar-refractivity contribution < 1.29 is 9.53 Å². The van der Waals surface area contributed by atoms with Gasteiger partial charge in [-0.25, -0.2) is 5.01 Å². The van der Waals surface area contributed by atoms with E-state index in [0.717, 1.165) is 21.9 Å². The van der Waals surface area contributed by atoms with Crippen LogP contribution in [-0.4, -0.2) is 29.4 Å². The van der Waals surface area contributed by atoms with Crippen LogP contribution < -0.4 is 20.6 Å². The van der Waals surface area contributed by atoms with E-state index in [1.54, 1.807) is 12.1 Å². The van der Waals surface area contributed by atoms with E-state index in [4.69, 9.17) is 14.8 Å². The predicted molar refractivity (Wildman–Crippen MR) is 136 cm³/mol. The molecule has 5 rings (SSSR count). The number of ether oxygens (including phenoxy) is 1. The molecule has 0 aliphatic carbocycles.